The molecule has 0 fully saturated rings. The van der Waals surface area contributed by atoms with Gasteiger partial charge < -0.3 is 15.5 Å². The average molecular weight is 438 g/mol. The molecule has 2 aromatic carbocycles. The molecular formula is C22H20ClN5O3. The fourth-order valence-corrected chi connectivity index (χ4v) is 3.47. The van der Waals surface area contributed by atoms with Crippen LogP contribution >= 0.6 is 11.6 Å². The molecule has 0 saturated carbocycles. The third kappa shape index (κ3) is 4.92. The largest absolute Gasteiger partial charge is 0.323 e. The van der Waals surface area contributed by atoms with Gasteiger partial charge in [0.2, 0.25) is 17.7 Å². The van der Waals surface area contributed by atoms with Crippen molar-refractivity contribution in [3.8, 4) is 0 Å². The Labute approximate surface area is 183 Å². The van der Waals surface area contributed by atoms with Crippen LogP contribution in [0, 0.1) is 0 Å². The van der Waals surface area contributed by atoms with Crippen molar-refractivity contribution in [3.05, 3.63) is 71.4 Å². The van der Waals surface area contributed by atoms with Crippen molar-refractivity contribution >= 4 is 46.5 Å². The molecule has 0 atom stereocenters. The number of hydrogen-bond donors (Lipinski definition) is 2. The summed E-state index contributed by atoms with van der Waals surface area (Å²) in [4.78, 5) is 38.4. The summed E-state index contributed by atoms with van der Waals surface area (Å²) in [6, 6.07) is 16.2. The van der Waals surface area contributed by atoms with Gasteiger partial charge in [0.1, 0.15) is 12.4 Å². The van der Waals surface area contributed by atoms with Gasteiger partial charge in [-0.3, -0.25) is 14.4 Å². The summed E-state index contributed by atoms with van der Waals surface area (Å²) in [6.07, 6.45) is 1.57. The number of anilines is 3. The lowest BCUT2D eigenvalue weighted by Crippen LogP contribution is -2.42. The van der Waals surface area contributed by atoms with Crippen LogP contribution in [0.1, 0.15) is 18.4 Å². The highest BCUT2D eigenvalue weighted by Gasteiger charge is 2.26. The lowest BCUT2D eigenvalue weighted by Gasteiger charge is -2.29. The van der Waals surface area contributed by atoms with Gasteiger partial charge in [-0.15, -0.1) is 0 Å². The summed E-state index contributed by atoms with van der Waals surface area (Å²) < 4.78 is 1.66. The highest BCUT2D eigenvalue weighted by Crippen LogP contribution is 2.29. The molecule has 3 aromatic rings. The number of nitrogens with zero attached hydrogens (tertiary/aromatic N) is 3. The third-order valence-electron chi connectivity index (χ3n) is 4.87. The minimum Gasteiger partial charge on any atom is -0.323 e. The predicted octanol–water partition coefficient (Wildman–Crippen LogP) is 3.29. The van der Waals surface area contributed by atoms with Crippen LogP contribution in [0.4, 0.5) is 17.2 Å². The molecule has 8 nitrogen and oxygen atoms in total. The predicted molar refractivity (Wildman–Crippen MR) is 118 cm³/mol. The minimum absolute atomic E-state index is 0.00869. The molecule has 0 saturated heterocycles. The Balaban J connectivity index is 1.35. The Morgan fingerprint density at radius 3 is 2.65 bits per heavy atom. The molecule has 31 heavy (non-hydrogen) atoms. The summed E-state index contributed by atoms with van der Waals surface area (Å²) in [5.41, 5.74) is 2.21. The minimum atomic E-state index is -0.305. The van der Waals surface area contributed by atoms with Crippen LogP contribution in [0.25, 0.3) is 0 Å². The summed E-state index contributed by atoms with van der Waals surface area (Å²) in [5, 5.41) is 10.4. The Morgan fingerprint density at radius 2 is 1.84 bits per heavy atom. The van der Waals surface area contributed by atoms with E-state index < -0.39 is 0 Å². The molecule has 3 amide bonds. The second-order valence-corrected chi connectivity index (χ2v) is 7.53. The maximum atomic E-state index is 12.7. The number of para-hydroxylation sites is 2. The van der Waals surface area contributed by atoms with Crippen LogP contribution in [-0.4, -0.2) is 34.0 Å². The molecule has 0 aliphatic carbocycles. The van der Waals surface area contributed by atoms with E-state index in [2.05, 4.69) is 15.7 Å². The summed E-state index contributed by atoms with van der Waals surface area (Å²) in [5.74, 6) is -0.314. The first-order valence-electron chi connectivity index (χ1n) is 9.75. The van der Waals surface area contributed by atoms with Gasteiger partial charge in [-0.1, -0.05) is 35.9 Å². The summed E-state index contributed by atoms with van der Waals surface area (Å²) in [6.45, 7) is 0.406. The van der Waals surface area contributed by atoms with Crippen LogP contribution < -0.4 is 15.5 Å². The SMILES string of the molecule is O=C1CN(C(=O)CCC(=O)Nc2ccnn2Cc2ccc(Cl)cc2)c2ccccc2N1. The molecule has 158 valence electrons. The maximum absolute atomic E-state index is 12.7. The first kappa shape index (κ1) is 20.6. The molecule has 0 unspecified atom stereocenters. The Bertz CT molecular complexity index is 1130. The maximum Gasteiger partial charge on any atom is 0.244 e. The van der Waals surface area contributed by atoms with E-state index in [1.165, 1.54) is 4.90 Å². The van der Waals surface area contributed by atoms with Gasteiger partial charge >= 0.3 is 0 Å². The van der Waals surface area contributed by atoms with Crippen molar-refractivity contribution in [1.29, 1.82) is 0 Å². The van der Waals surface area contributed by atoms with E-state index in [0.717, 1.165) is 5.56 Å². The molecule has 1 aliphatic heterocycles. The monoisotopic (exact) mass is 437 g/mol. The van der Waals surface area contributed by atoms with Crippen molar-refractivity contribution in [2.75, 3.05) is 22.1 Å². The van der Waals surface area contributed by atoms with Crippen molar-refractivity contribution in [1.82, 2.24) is 9.78 Å². The van der Waals surface area contributed by atoms with Crippen LogP contribution in [0.15, 0.2) is 60.8 Å². The van der Waals surface area contributed by atoms with E-state index >= 15 is 0 Å². The molecule has 2 N–H and O–H groups in total. The first-order chi connectivity index (χ1) is 15.0. The summed E-state index contributed by atoms with van der Waals surface area (Å²) in [7, 11) is 0. The number of nitrogens with one attached hydrogen (secondary N) is 2. The normalized spacial score (nSPS) is 12.8. The number of carbonyl (C=O) groups is 3. The van der Waals surface area contributed by atoms with Gasteiger partial charge in [-0.2, -0.15) is 5.10 Å². The molecular weight excluding hydrogens is 418 g/mol. The number of amides is 3. The van der Waals surface area contributed by atoms with Crippen molar-refractivity contribution in [3.63, 3.8) is 0 Å². The van der Waals surface area contributed by atoms with Gasteiger partial charge in [0.05, 0.1) is 24.1 Å². The highest BCUT2D eigenvalue weighted by molar-refractivity contribution is 6.30. The van der Waals surface area contributed by atoms with Crippen LogP contribution in [0.2, 0.25) is 5.02 Å². The number of carbonyl (C=O) groups excluding carboxylic acids is 3. The number of rotatable bonds is 6. The standard InChI is InChI=1S/C22H20ClN5O3/c23-16-7-5-15(6-8-16)13-28-19(11-12-24-28)26-20(29)9-10-22(31)27-14-21(30)25-17-3-1-2-4-18(17)27/h1-8,11-12H,9-10,13-14H2,(H,25,30)(H,26,29). The second-order valence-electron chi connectivity index (χ2n) is 7.09. The zero-order chi connectivity index (χ0) is 21.8. The van der Waals surface area contributed by atoms with Crippen molar-refractivity contribution in [2.45, 2.75) is 19.4 Å². The average Bonchev–Trinajstić information content (AvgIpc) is 3.19. The van der Waals surface area contributed by atoms with E-state index in [0.29, 0.717) is 28.8 Å². The Kier molecular flexibility index (Phi) is 5.99. The van der Waals surface area contributed by atoms with Crippen LogP contribution in [0.5, 0.6) is 0 Å². The lowest BCUT2D eigenvalue weighted by atomic mass is 10.1. The lowest BCUT2D eigenvalue weighted by molar-refractivity contribution is -0.124. The van der Waals surface area contributed by atoms with Crippen LogP contribution in [0.3, 0.4) is 0 Å². The molecule has 1 aliphatic rings. The van der Waals surface area contributed by atoms with E-state index in [-0.39, 0.29) is 37.1 Å². The Hall–Kier alpha value is -3.65. The third-order valence-corrected chi connectivity index (χ3v) is 5.12. The van der Waals surface area contributed by atoms with Gasteiger partial charge in [-0.25, -0.2) is 4.68 Å². The van der Waals surface area contributed by atoms with E-state index in [4.69, 9.17) is 11.6 Å². The van der Waals surface area contributed by atoms with E-state index in [1.807, 2.05) is 12.1 Å². The fraction of sp³-hybridized carbons (Fsp3) is 0.182. The fourth-order valence-electron chi connectivity index (χ4n) is 3.34. The number of hydrogen-bond acceptors (Lipinski definition) is 4. The molecule has 0 bridgehead atoms. The van der Waals surface area contributed by atoms with Gasteiger partial charge in [0.15, 0.2) is 0 Å². The van der Waals surface area contributed by atoms with Crippen molar-refractivity contribution in [2.24, 2.45) is 0 Å². The molecule has 2 heterocycles. The van der Waals surface area contributed by atoms with E-state index in [1.54, 1.807) is 53.3 Å². The molecule has 0 spiro atoms. The number of aromatic nitrogens is 2. The molecule has 4 rings (SSSR count). The molecule has 1 aromatic heterocycles. The zero-order valence-electron chi connectivity index (χ0n) is 16.5. The van der Waals surface area contributed by atoms with Crippen LogP contribution in [-0.2, 0) is 20.9 Å². The smallest absolute Gasteiger partial charge is 0.244 e. The highest BCUT2D eigenvalue weighted by atomic mass is 35.5. The first-order valence-corrected chi connectivity index (χ1v) is 10.1. The second kappa shape index (κ2) is 9.01. The number of benzene rings is 2. The topological polar surface area (TPSA) is 96.3 Å². The Morgan fingerprint density at radius 1 is 1.06 bits per heavy atom. The van der Waals surface area contributed by atoms with Gasteiger partial charge in [0, 0.05) is 23.9 Å². The number of fused-ring (bicyclic) bond motifs is 1. The van der Waals surface area contributed by atoms with Gasteiger partial charge in [0.25, 0.3) is 0 Å². The summed E-state index contributed by atoms with van der Waals surface area (Å²) >= 11 is 5.91. The quantitative estimate of drug-likeness (QED) is 0.618. The molecule has 0 radical (unpaired) electrons. The van der Waals surface area contributed by atoms with Gasteiger partial charge in [-0.05, 0) is 29.8 Å². The van der Waals surface area contributed by atoms with E-state index in [9.17, 15) is 14.4 Å². The number of halogens is 1. The molecule has 9 heteroatoms. The van der Waals surface area contributed by atoms with Crippen molar-refractivity contribution < 1.29 is 14.4 Å². The zero-order valence-corrected chi connectivity index (χ0v) is 17.3.